The average Bonchev–Trinajstić information content (AvgIpc) is 3.25. The van der Waals surface area contributed by atoms with Crippen molar-refractivity contribution in [1.82, 2.24) is 20.0 Å². The van der Waals surface area contributed by atoms with E-state index < -0.39 is 0 Å². The van der Waals surface area contributed by atoms with E-state index in [9.17, 15) is 4.79 Å². The van der Waals surface area contributed by atoms with Crippen LogP contribution >= 0.6 is 39.1 Å². The van der Waals surface area contributed by atoms with E-state index >= 15 is 0 Å². The van der Waals surface area contributed by atoms with Gasteiger partial charge in [-0.2, -0.15) is 0 Å². The molecule has 1 unspecified atom stereocenters. The summed E-state index contributed by atoms with van der Waals surface area (Å²) in [4.78, 5) is 17.1. The zero-order valence-corrected chi connectivity index (χ0v) is 20.0. The number of piperidine rings is 1. The lowest BCUT2D eigenvalue weighted by atomic mass is 9.98. The van der Waals surface area contributed by atoms with Crippen LogP contribution in [0.2, 0.25) is 10.0 Å². The lowest BCUT2D eigenvalue weighted by Crippen LogP contribution is -2.45. The van der Waals surface area contributed by atoms with Crippen LogP contribution in [0.25, 0.3) is 0 Å². The van der Waals surface area contributed by atoms with Gasteiger partial charge in [0.2, 0.25) is 0 Å². The van der Waals surface area contributed by atoms with E-state index in [0.717, 1.165) is 41.5 Å². The van der Waals surface area contributed by atoms with Gasteiger partial charge in [0.15, 0.2) is 0 Å². The Kier molecular flexibility index (Phi) is 7.33. The number of nitrogens with zero attached hydrogens (tertiary/aromatic N) is 3. The molecule has 1 saturated heterocycles. The van der Waals surface area contributed by atoms with E-state index in [1.807, 2.05) is 33.8 Å². The molecule has 0 bridgehead atoms. The number of carbonyl (C=O) groups excluding carboxylic acids is 1. The molecule has 2 heterocycles. The smallest absolute Gasteiger partial charge is 0.285 e. The number of imidazole rings is 1. The van der Waals surface area contributed by atoms with Crippen LogP contribution in [0.3, 0.4) is 0 Å². The van der Waals surface area contributed by atoms with Crippen LogP contribution in [-0.4, -0.2) is 33.6 Å². The number of halogens is 3. The molecular formula is C23H23BrCl2N4O. The number of nitrogens with one attached hydrogen (secondary N) is 1. The highest BCUT2D eigenvalue weighted by atomic mass is 79.9. The number of hydrogen-bond acceptors (Lipinski definition) is 3. The van der Waals surface area contributed by atoms with E-state index in [4.69, 9.17) is 23.2 Å². The molecule has 0 aliphatic carbocycles. The molecule has 1 aromatic heterocycles. The van der Waals surface area contributed by atoms with E-state index in [2.05, 4.69) is 38.5 Å². The van der Waals surface area contributed by atoms with Crippen molar-refractivity contribution in [2.45, 2.75) is 31.7 Å². The van der Waals surface area contributed by atoms with Crippen molar-refractivity contribution in [3.63, 3.8) is 0 Å². The standard InChI is InChI=1S/C23H23BrCl2N4O/c24-18-7-4-16(5-8-18)22(12-17-6-9-19(25)13-20(17)26)29-14-21(27-15-29)23(31)28-30-10-2-1-3-11-30/h4-9,13-15,22H,1-3,10-12H2,(H,28,31). The van der Waals surface area contributed by atoms with Crippen molar-refractivity contribution in [3.8, 4) is 0 Å². The highest BCUT2D eigenvalue weighted by Gasteiger charge is 2.20. The summed E-state index contributed by atoms with van der Waals surface area (Å²) < 4.78 is 2.98. The van der Waals surface area contributed by atoms with Gasteiger partial charge in [0.1, 0.15) is 5.69 Å². The summed E-state index contributed by atoms with van der Waals surface area (Å²) in [5.74, 6) is -0.181. The van der Waals surface area contributed by atoms with Crippen LogP contribution < -0.4 is 5.43 Å². The Morgan fingerprint density at radius 2 is 1.84 bits per heavy atom. The highest BCUT2D eigenvalue weighted by molar-refractivity contribution is 9.10. The largest absolute Gasteiger partial charge is 0.329 e. The number of aromatic nitrogens is 2. The monoisotopic (exact) mass is 520 g/mol. The zero-order chi connectivity index (χ0) is 21.8. The first kappa shape index (κ1) is 22.3. The third-order valence-electron chi connectivity index (χ3n) is 5.49. The Balaban J connectivity index is 1.59. The van der Waals surface area contributed by atoms with Gasteiger partial charge in [-0.05, 0) is 54.7 Å². The third kappa shape index (κ3) is 5.69. The van der Waals surface area contributed by atoms with Crippen molar-refractivity contribution < 1.29 is 4.79 Å². The van der Waals surface area contributed by atoms with Crippen LogP contribution in [0.15, 0.2) is 59.5 Å². The molecule has 3 aromatic rings. The summed E-state index contributed by atoms with van der Waals surface area (Å²) in [7, 11) is 0. The Morgan fingerprint density at radius 1 is 1.10 bits per heavy atom. The molecule has 31 heavy (non-hydrogen) atoms. The van der Waals surface area contributed by atoms with Crippen LogP contribution in [0.4, 0.5) is 0 Å². The molecule has 1 amide bonds. The van der Waals surface area contributed by atoms with Crippen molar-refractivity contribution in [1.29, 1.82) is 0 Å². The van der Waals surface area contributed by atoms with Crippen molar-refractivity contribution >= 4 is 45.0 Å². The molecule has 1 aliphatic rings. The summed E-state index contributed by atoms with van der Waals surface area (Å²) in [6.45, 7) is 1.76. The highest BCUT2D eigenvalue weighted by Crippen LogP contribution is 2.29. The minimum atomic E-state index is -0.181. The summed E-state index contributed by atoms with van der Waals surface area (Å²) in [5, 5.41) is 3.20. The molecule has 1 N–H and O–H groups in total. The van der Waals surface area contributed by atoms with Crippen molar-refractivity contribution in [3.05, 3.63) is 86.3 Å². The predicted octanol–water partition coefficient (Wildman–Crippen LogP) is 5.92. The van der Waals surface area contributed by atoms with Crippen LogP contribution in [0.1, 0.15) is 46.9 Å². The van der Waals surface area contributed by atoms with Gasteiger partial charge in [-0.25, -0.2) is 9.99 Å². The second-order valence-corrected chi connectivity index (χ2v) is 9.46. The number of hydrogen-bond donors (Lipinski definition) is 1. The van der Waals surface area contributed by atoms with E-state index in [0.29, 0.717) is 22.2 Å². The maximum Gasteiger partial charge on any atom is 0.285 e. The number of amides is 1. The Morgan fingerprint density at radius 3 is 2.55 bits per heavy atom. The predicted molar refractivity (Wildman–Crippen MR) is 128 cm³/mol. The first-order chi connectivity index (χ1) is 15.0. The molecule has 2 aromatic carbocycles. The second-order valence-electron chi connectivity index (χ2n) is 7.70. The molecule has 0 spiro atoms. The van der Waals surface area contributed by atoms with Gasteiger partial charge in [-0.1, -0.05) is 63.8 Å². The molecule has 162 valence electrons. The fourth-order valence-corrected chi connectivity index (χ4v) is 4.56. The normalized spacial score (nSPS) is 15.6. The molecule has 4 rings (SSSR count). The van der Waals surface area contributed by atoms with Gasteiger partial charge in [-0.3, -0.25) is 10.2 Å². The fraction of sp³-hybridized carbons (Fsp3) is 0.304. The lowest BCUT2D eigenvalue weighted by Gasteiger charge is -2.26. The Bertz CT molecular complexity index is 1050. The molecule has 8 heteroatoms. The Labute approximate surface area is 200 Å². The summed E-state index contributed by atoms with van der Waals surface area (Å²) in [6, 6.07) is 13.6. The number of rotatable bonds is 6. The SMILES string of the molecule is O=C(NN1CCCCC1)c1cn(C(Cc2ccc(Cl)cc2Cl)c2ccc(Br)cc2)cn1. The number of hydrazine groups is 1. The van der Waals surface area contributed by atoms with Gasteiger partial charge < -0.3 is 4.57 Å². The van der Waals surface area contributed by atoms with Crippen LogP contribution in [0, 0.1) is 0 Å². The van der Waals surface area contributed by atoms with Crippen molar-refractivity contribution in [2.75, 3.05) is 13.1 Å². The Hall–Kier alpha value is -1.86. The van der Waals surface area contributed by atoms with Gasteiger partial charge in [0, 0.05) is 33.8 Å². The maximum absolute atomic E-state index is 12.7. The van der Waals surface area contributed by atoms with E-state index in [1.165, 1.54) is 6.42 Å². The zero-order valence-electron chi connectivity index (χ0n) is 16.9. The summed E-state index contributed by atoms with van der Waals surface area (Å²) in [5.41, 5.74) is 5.45. The maximum atomic E-state index is 12.7. The lowest BCUT2D eigenvalue weighted by molar-refractivity contribution is 0.0745. The average molecular weight is 522 g/mol. The topological polar surface area (TPSA) is 50.2 Å². The minimum absolute atomic E-state index is 0.0733. The van der Waals surface area contributed by atoms with Gasteiger partial charge in [0.05, 0.1) is 12.4 Å². The molecule has 1 aliphatic heterocycles. The number of carbonyl (C=O) groups is 1. The molecular weight excluding hydrogens is 499 g/mol. The van der Waals surface area contributed by atoms with Gasteiger partial charge in [0.25, 0.3) is 5.91 Å². The van der Waals surface area contributed by atoms with E-state index in [-0.39, 0.29) is 11.9 Å². The van der Waals surface area contributed by atoms with Gasteiger partial charge >= 0.3 is 0 Å². The van der Waals surface area contributed by atoms with Crippen molar-refractivity contribution in [2.24, 2.45) is 0 Å². The van der Waals surface area contributed by atoms with Crippen LogP contribution in [-0.2, 0) is 6.42 Å². The second kappa shape index (κ2) is 10.2. The van der Waals surface area contributed by atoms with E-state index in [1.54, 1.807) is 18.6 Å². The summed E-state index contributed by atoms with van der Waals surface area (Å²) >= 11 is 16.0. The minimum Gasteiger partial charge on any atom is -0.329 e. The molecule has 1 atom stereocenters. The fourth-order valence-electron chi connectivity index (χ4n) is 3.81. The third-order valence-corrected chi connectivity index (χ3v) is 6.61. The first-order valence-electron chi connectivity index (χ1n) is 10.3. The first-order valence-corrected chi connectivity index (χ1v) is 11.8. The van der Waals surface area contributed by atoms with Crippen LogP contribution in [0.5, 0.6) is 0 Å². The molecule has 1 fully saturated rings. The quantitative estimate of drug-likeness (QED) is 0.438. The molecule has 0 radical (unpaired) electrons. The molecule has 0 saturated carbocycles. The summed E-state index contributed by atoms with van der Waals surface area (Å²) in [6.07, 6.45) is 7.56. The van der Waals surface area contributed by atoms with Gasteiger partial charge in [-0.15, -0.1) is 0 Å². The number of benzene rings is 2. The molecule has 5 nitrogen and oxygen atoms in total.